The largest absolute Gasteiger partial charge is 0.489 e. The van der Waals surface area contributed by atoms with Gasteiger partial charge in [0, 0.05) is 28.6 Å². The standard InChI is InChI=1S/C25H22N2O5/c26-13-15-2-1-3-17(8-15)21-10-16(9-18-6-7-31-24(18)21)14-32-22-5-4-19(25(27)30)11-20(22)12-23(28)29/h1-11H,12-14,26H2,(H2,27,30)(H,28,29). The first-order valence-corrected chi connectivity index (χ1v) is 10.0. The third-order valence-corrected chi connectivity index (χ3v) is 5.17. The zero-order valence-electron chi connectivity index (χ0n) is 17.2. The molecule has 162 valence electrons. The van der Waals surface area contributed by atoms with Crippen molar-refractivity contribution in [2.24, 2.45) is 11.5 Å². The first-order valence-electron chi connectivity index (χ1n) is 10.0. The number of carbonyl (C=O) groups is 2. The second-order valence-electron chi connectivity index (χ2n) is 7.43. The van der Waals surface area contributed by atoms with E-state index in [1.807, 2.05) is 42.5 Å². The van der Waals surface area contributed by atoms with Gasteiger partial charge < -0.3 is 25.7 Å². The smallest absolute Gasteiger partial charge is 0.307 e. The number of carbonyl (C=O) groups excluding carboxylic acids is 1. The number of furan rings is 1. The fourth-order valence-electron chi connectivity index (χ4n) is 3.64. The number of carboxylic acid groups (broad SMARTS) is 1. The summed E-state index contributed by atoms with van der Waals surface area (Å²) in [7, 11) is 0. The predicted molar refractivity (Wildman–Crippen MR) is 120 cm³/mol. The van der Waals surface area contributed by atoms with Crippen LogP contribution in [0.5, 0.6) is 5.75 Å². The van der Waals surface area contributed by atoms with Crippen LogP contribution in [-0.2, 0) is 24.4 Å². The minimum absolute atomic E-state index is 0.202. The minimum Gasteiger partial charge on any atom is -0.489 e. The molecular formula is C25H22N2O5. The van der Waals surface area contributed by atoms with Crippen LogP contribution in [0.15, 0.2) is 71.3 Å². The molecule has 1 aromatic heterocycles. The van der Waals surface area contributed by atoms with Gasteiger partial charge in [0.1, 0.15) is 17.9 Å². The Balaban J connectivity index is 1.67. The van der Waals surface area contributed by atoms with Gasteiger partial charge in [-0.25, -0.2) is 0 Å². The number of fused-ring (bicyclic) bond motifs is 1. The minimum atomic E-state index is -1.03. The Morgan fingerprint density at radius 3 is 2.59 bits per heavy atom. The molecule has 7 nitrogen and oxygen atoms in total. The summed E-state index contributed by atoms with van der Waals surface area (Å²) in [5.41, 5.74) is 16.3. The van der Waals surface area contributed by atoms with E-state index >= 15 is 0 Å². The van der Waals surface area contributed by atoms with Crippen LogP contribution in [0.3, 0.4) is 0 Å². The quantitative estimate of drug-likeness (QED) is 0.389. The van der Waals surface area contributed by atoms with Gasteiger partial charge in [0.25, 0.3) is 0 Å². The van der Waals surface area contributed by atoms with Gasteiger partial charge in [-0.15, -0.1) is 0 Å². The summed E-state index contributed by atoms with van der Waals surface area (Å²) in [6, 6.07) is 18.3. The number of primary amides is 1. The number of hydrogen-bond donors (Lipinski definition) is 3. The molecule has 0 aliphatic carbocycles. The highest BCUT2D eigenvalue weighted by atomic mass is 16.5. The molecule has 32 heavy (non-hydrogen) atoms. The van der Waals surface area contributed by atoms with E-state index in [2.05, 4.69) is 0 Å². The lowest BCUT2D eigenvalue weighted by atomic mass is 9.99. The molecule has 0 saturated heterocycles. The van der Waals surface area contributed by atoms with Crippen LogP contribution in [-0.4, -0.2) is 17.0 Å². The van der Waals surface area contributed by atoms with E-state index in [9.17, 15) is 14.7 Å². The molecule has 0 radical (unpaired) electrons. The summed E-state index contributed by atoms with van der Waals surface area (Å²) < 4.78 is 11.7. The highest BCUT2D eigenvalue weighted by Gasteiger charge is 2.14. The molecule has 3 aromatic carbocycles. The second-order valence-corrected chi connectivity index (χ2v) is 7.43. The van der Waals surface area contributed by atoms with Crippen LogP contribution >= 0.6 is 0 Å². The molecule has 0 bridgehead atoms. The number of rotatable bonds is 8. The summed E-state index contributed by atoms with van der Waals surface area (Å²) in [6.07, 6.45) is 1.35. The molecule has 4 aromatic rings. The zero-order valence-corrected chi connectivity index (χ0v) is 17.2. The molecule has 0 saturated carbocycles. The van der Waals surface area contributed by atoms with E-state index in [1.165, 1.54) is 12.1 Å². The summed E-state index contributed by atoms with van der Waals surface area (Å²) in [4.78, 5) is 22.7. The summed E-state index contributed by atoms with van der Waals surface area (Å²) in [6.45, 7) is 0.638. The molecule has 0 fully saturated rings. The first kappa shape index (κ1) is 21.1. The van der Waals surface area contributed by atoms with Gasteiger partial charge in [-0.3, -0.25) is 9.59 Å². The maximum Gasteiger partial charge on any atom is 0.307 e. The van der Waals surface area contributed by atoms with Gasteiger partial charge in [0.15, 0.2) is 0 Å². The van der Waals surface area contributed by atoms with Crippen molar-refractivity contribution in [3.05, 3.63) is 89.2 Å². The number of amides is 1. The van der Waals surface area contributed by atoms with Crippen molar-refractivity contribution in [2.45, 2.75) is 19.6 Å². The van der Waals surface area contributed by atoms with Gasteiger partial charge in [0.2, 0.25) is 5.91 Å². The molecule has 1 amide bonds. The Bertz CT molecular complexity index is 1310. The molecule has 1 heterocycles. The molecule has 0 spiro atoms. The van der Waals surface area contributed by atoms with Crippen LogP contribution in [0, 0.1) is 0 Å². The predicted octanol–water partition coefficient (Wildman–Crippen LogP) is 3.86. The SMILES string of the molecule is NCc1cccc(-c2cc(COc3ccc(C(N)=O)cc3CC(=O)O)cc3ccoc23)c1. The lowest BCUT2D eigenvalue weighted by Gasteiger charge is -2.13. The van der Waals surface area contributed by atoms with Crippen molar-refractivity contribution < 1.29 is 23.8 Å². The van der Waals surface area contributed by atoms with Gasteiger partial charge in [0.05, 0.1) is 12.7 Å². The monoisotopic (exact) mass is 430 g/mol. The third-order valence-electron chi connectivity index (χ3n) is 5.17. The lowest BCUT2D eigenvalue weighted by molar-refractivity contribution is -0.136. The molecule has 0 aliphatic rings. The van der Waals surface area contributed by atoms with Crippen LogP contribution in [0.4, 0.5) is 0 Å². The van der Waals surface area contributed by atoms with Crippen LogP contribution < -0.4 is 16.2 Å². The van der Waals surface area contributed by atoms with Gasteiger partial charge in [-0.2, -0.15) is 0 Å². The highest BCUT2D eigenvalue weighted by molar-refractivity contribution is 5.94. The Labute approximate surface area is 184 Å². The van der Waals surface area contributed by atoms with Crippen molar-refractivity contribution in [1.29, 1.82) is 0 Å². The van der Waals surface area contributed by atoms with Crippen LogP contribution in [0.1, 0.15) is 27.0 Å². The number of nitrogens with two attached hydrogens (primary N) is 2. The molecule has 4 rings (SSSR count). The van der Waals surface area contributed by atoms with Gasteiger partial charge >= 0.3 is 5.97 Å². The molecular weight excluding hydrogens is 408 g/mol. The number of hydrogen-bond acceptors (Lipinski definition) is 5. The van der Waals surface area contributed by atoms with Crippen molar-refractivity contribution in [3.8, 4) is 16.9 Å². The second kappa shape index (κ2) is 8.95. The van der Waals surface area contributed by atoms with Gasteiger partial charge in [-0.05, 0) is 59.2 Å². The molecule has 5 N–H and O–H groups in total. The van der Waals surface area contributed by atoms with Crippen molar-refractivity contribution >= 4 is 22.8 Å². The number of benzene rings is 3. The van der Waals surface area contributed by atoms with Crippen LogP contribution in [0.2, 0.25) is 0 Å². The van der Waals surface area contributed by atoms with E-state index in [0.717, 1.165) is 33.2 Å². The Morgan fingerprint density at radius 1 is 1.00 bits per heavy atom. The number of carboxylic acids is 1. The molecule has 0 aliphatic heterocycles. The van der Waals surface area contributed by atoms with Crippen molar-refractivity contribution in [2.75, 3.05) is 0 Å². The lowest BCUT2D eigenvalue weighted by Crippen LogP contribution is -2.12. The van der Waals surface area contributed by atoms with Crippen molar-refractivity contribution in [3.63, 3.8) is 0 Å². The van der Waals surface area contributed by atoms with E-state index in [0.29, 0.717) is 17.9 Å². The summed E-state index contributed by atoms with van der Waals surface area (Å²) >= 11 is 0. The molecule has 0 atom stereocenters. The maximum absolute atomic E-state index is 11.5. The Morgan fingerprint density at radius 2 is 1.84 bits per heavy atom. The first-order chi connectivity index (χ1) is 15.4. The molecule has 0 unspecified atom stereocenters. The van der Waals surface area contributed by atoms with E-state index < -0.39 is 11.9 Å². The van der Waals surface area contributed by atoms with Crippen LogP contribution in [0.25, 0.3) is 22.1 Å². The summed E-state index contributed by atoms with van der Waals surface area (Å²) in [5, 5.41) is 10.1. The zero-order chi connectivity index (χ0) is 22.7. The normalized spacial score (nSPS) is 10.9. The number of ether oxygens (including phenoxy) is 1. The Hall–Kier alpha value is -4.10. The maximum atomic E-state index is 11.5. The van der Waals surface area contributed by atoms with Crippen molar-refractivity contribution in [1.82, 2.24) is 0 Å². The Kier molecular flexibility index (Phi) is 5.91. The van der Waals surface area contributed by atoms with E-state index in [4.69, 9.17) is 20.6 Å². The highest BCUT2D eigenvalue weighted by Crippen LogP contribution is 2.32. The fraction of sp³-hybridized carbons (Fsp3) is 0.120. The van der Waals surface area contributed by atoms with E-state index in [-0.39, 0.29) is 18.6 Å². The fourth-order valence-corrected chi connectivity index (χ4v) is 3.64. The average molecular weight is 430 g/mol. The van der Waals surface area contributed by atoms with Gasteiger partial charge in [-0.1, -0.05) is 18.2 Å². The summed E-state index contributed by atoms with van der Waals surface area (Å²) in [5.74, 6) is -1.27. The molecule has 7 heteroatoms. The third kappa shape index (κ3) is 4.48. The average Bonchev–Trinajstić information content (AvgIpc) is 3.26. The van der Waals surface area contributed by atoms with E-state index in [1.54, 1.807) is 12.3 Å². The topological polar surface area (TPSA) is 129 Å². The number of aliphatic carboxylic acids is 1.